The fourth-order valence-corrected chi connectivity index (χ4v) is 5.85. The highest BCUT2D eigenvalue weighted by Gasteiger charge is 2.19. The zero-order valence-electron chi connectivity index (χ0n) is 32.2. The number of aliphatic carboxylic acids is 1. The Kier molecular flexibility index (Phi) is 35.6. The predicted molar refractivity (Wildman–Crippen MR) is 211 cm³/mol. The van der Waals surface area contributed by atoms with E-state index in [-0.39, 0.29) is 18.0 Å². The van der Waals surface area contributed by atoms with Crippen molar-refractivity contribution in [3.63, 3.8) is 0 Å². The van der Waals surface area contributed by atoms with Crippen LogP contribution < -0.4 is 11.1 Å². The molecule has 0 aromatic carbocycles. The van der Waals surface area contributed by atoms with Crippen molar-refractivity contribution in [1.29, 1.82) is 0 Å². The second kappa shape index (κ2) is 37.6. The quantitative estimate of drug-likeness (QED) is 0.0340. The number of allylic oxidation sites excluding steroid dienone is 8. The summed E-state index contributed by atoms with van der Waals surface area (Å²) in [5.74, 6) is -1.28. The van der Waals surface area contributed by atoms with Crippen LogP contribution in [0.3, 0.4) is 0 Å². The van der Waals surface area contributed by atoms with Crippen LogP contribution in [-0.2, 0) is 19.1 Å². The van der Waals surface area contributed by atoms with E-state index in [9.17, 15) is 19.5 Å². The summed E-state index contributed by atoms with van der Waals surface area (Å²) in [6, 6.07) is -0.864. The van der Waals surface area contributed by atoms with Gasteiger partial charge in [-0.1, -0.05) is 133 Å². The van der Waals surface area contributed by atoms with Gasteiger partial charge in [0.25, 0.3) is 0 Å². The van der Waals surface area contributed by atoms with Crippen LogP contribution in [0.2, 0.25) is 0 Å². The summed E-state index contributed by atoms with van der Waals surface area (Å²) < 4.78 is 5.94. The van der Waals surface area contributed by atoms with Gasteiger partial charge in [-0.25, -0.2) is 4.79 Å². The van der Waals surface area contributed by atoms with E-state index >= 15 is 0 Å². The smallest absolute Gasteiger partial charge is 0.326 e. The van der Waals surface area contributed by atoms with Crippen molar-refractivity contribution in [3.05, 3.63) is 48.6 Å². The van der Waals surface area contributed by atoms with Gasteiger partial charge in [0.2, 0.25) is 5.91 Å². The maximum absolute atomic E-state index is 12.6. The van der Waals surface area contributed by atoms with Crippen molar-refractivity contribution in [1.82, 2.24) is 5.32 Å². The molecule has 0 rings (SSSR count). The van der Waals surface area contributed by atoms with Crippen LogP contribution in [0.15, 0.2) is 48.6 Å². The second-order valence-corrected chi connectivity index (χ2v) is 13.7. The summed E-state index contributed by atoms with van der Waals surface area (Å²) in [6.45, 7) is 4.77. The fraction of sp³-hybridized carbons (Fsp3) is 0.744. The summed E-state index contributed by atoms with van der Waals surface area (Å²) >= 11 is 0. The zero-order chi connectivity index (χ0) is 36.8. The molecule has 0 aromatic heterocycles. The lowest BCUT2D eigenvalue weighted by Gasteiger charge is -2.18. The molecule has 0 saturated carbocycles. The second-order valence-electron chi connectivity index (χ2n) is 13.7. The molecule has 2 unspecified atom stereocenters. The Balaban J connectivity index is 3.98. The lowest BCUT2D eigenvalue weighted by Crippen LogP contribution is -2.40. The molecule has 50 heavy (non-hydrogen) atoms. The predicted octanol–water partition coefficient (Wildman–Crippen LogP) is 11.2. The Morgan fingerprint density at radius 2 is 1.10 bits per heavy atom. The number of nitrogens with two attached hydrogens (primary N) is 1. The molecule has 7 nitrogen and oxygen atoms in total. The highest BCUT2D eigenvalue weighted by Crippen LogP contribution is 2.18. The molecule has 1 amide bonds. The van der Waals surface area contributed by atoms with E-state index in [0.717, 1.165) is 83.5 Å². The minimum absolute atomic E-state index is 0.0155. The number of carbonyl (C=O) groups excluding carboxylic acids is 2. The standard InChI is InChI=1S/C43H76N2O5/c1-3-5-7-9-10-11-12-13-14-15-16-17-18-19-20-21-22-23-24-25-31-37-42(47)50-39(33-28-8-6-4-2)34-29-26-27-30-36-41(46)45-40(43(48)49)35-32-38-44/h5,7,10-11,13-14,16-17,39-40H,3-4,6,8-9,12,15,18-38,44H2,1-2H3,(H,45,46)(H,48,49)/b7-5-,11-10-,14-13-,17-16-. The maximum atomic E-state index is 12.6. The molecule has 0 aromatic rings. The first-order valence-electron chi connectivity index (χ1n) is 20.5. The average Bonchev–Trinajstić information content (AvgIpc) is 3.10. The summed E-state index contributed by atoms with van der Waals surface area (Å²) in [5.41, 5.74) is 5.47. The molecule has 0 radical (unpaired) electrons. The van der Waals surface area contributed by atoms with Gasteiger partial charge in [-0.05, 0) is 96.4 Å². The molecule has 0 saturated heterocycles. The van der Waals surface area contributed by atoms with E-state index in [1.807, 2.05) is 0 Å². The Hall–Kier alpha value is -2.67. The third-order valence-electron chi connectivity index (χ3n) is 8.91. The van der Waals surface area contributed by atoms with Gasteiger partial charge < -0.3 is 20.9 Å². The molecule has 4 N–H and O–H groups in total. The normalized spacial score (nSPS) is 13.2. The molecule has 7 heteroatoms. The van der Waals surface area contributed by atoms with E-state index in [4.69, 9.17) is 10.5 Å². The number of amides is 1. The van der Waals surface area contributed by atoms with Crippen molar-refractivity contribution in [2.24, 2.45) is 5.73 Å². The molecule has 0 heterocycles. The number of nitrogens with one attached hydrogen (secondary N) is 1. The summed E-state index contributed by atoms with van der Waals surface area (Å²) in [4.78, 5) is 36.1. The van der Waals surface area contributed by atoms with Crippen LogP contribution >= 0.6 is 0 Å². The average molecular weight is 701 g/mol. The third kappa shape index (κ3) is 33.8. The van der Waals surface area contributed by atoms with Gasteiger partial charge in [-0.15, -0.1) is 0 Å². The first-order chi connectivity index (χ1) is 24.4. The summed E-state index contributed by atoms with van der Waals surface area (Å²) in [7, 11) is 0. The van der Waals surface area contributed by atoms with Gasteiger partial charge in [-0.2, -0.15) is 0 Å². The third-order valence-corrected chi connectivity index (χ3v) is 8.91. The Bertz CT molecular complexity index is 926. The minimum atomic E-state index is -1.01. The highest BCUT2D eigenvalue weighted by molar-refractivity contribution is 5.83. The van der Waals surface area contributed by atoms with Crippen molar-refractivity contribution < 1.29 is 24.2 Å². The maximum Gasteiger partial charge on any atom is 0.326 e. The molecule has 2 atom stereocenters. The van der Waals surface area contributed by atoms with E-state index in [1.54, 1.807) is 0 Å². The Morgan fingerprint density at radius 3 is 1.66 bits per heavy atom. The van der Waals surface area contributed by atoms with Crippen LogP contribution in [0.1, 0.15) is 187 Å². The molecule has 0 aliphatic rings. The minimum Gasteiger partial charge on any atom is -0.480 e. The monoisotopic (exact) mass is 701 g/mol. The number of carboxylic acids is 1. The molecular weight excluding hydrogens is 624 g/mol. The van der Waals surface area contributed by atoms with Crippen LogP contribution in [0.5, 0.6) is 0 Å². The molecule has 0 aliphatic heterocycles. The van der Waals surface area contributed by atoms with Gasteiger partial charge in [0, 0.05) is 12.8 Å². The summed E-state index contributed by atoms with van der Waals surface area (Å²) in [6.07, 6.45) is 44.6. The summed E-state index contributed by atoms with van der Waals surface area (Å²) in [5, 5.41) is 11.9. The largest absolute Gasteiger partial charge is 0.480 e. The van der Waals surface area contributed by atoms with Crippen molar-refractivity contribution in [2.75, 3.05) is 6.54 Å². The van der Waals surface area contributed by atoms with E-state index in [1.165, 1.54) is 64.2 Å². The number of ether oxygens (including phenoxy) is 1. The highest BCUT2D eigenvalue weighted by atomic mass is 16.5. The Morgan fingerprint density at radius 1 is 0.600 bits per heavy atom. The van der Waals surface area contributed by atoms with E-state index < -0.39 is 12.0 Å². The molecular formula is C43H76N2O5. The van der Waals surface area contributed by atoms with Crippen LogP contribution in [0.25, 0.3) is 0 Å². The van der Waals surface area contributed by atoms with Crippen LogP contribution in [-0.4, -0.2) is 41.6 Å². The van der Waals surface area contributed by atoms with E-state index in [2.05, 4.69) is 67.8 Å². The van der Waals surface area contributed by atoms with Crippen molar-refractivity contribution >= 4 is 17.8 Å². The fourth-order valence-electron chi connectivity index (χ4n) is 5.85. The molecule has 0 spiro atoms. The zero-order valence-corrected chi connectivity index (χ0v) is 32.2. The number of hydrogen-bond donors (Lipinski definition) is 3. The number of carbonyl (C=O) groups is 3. The van der Waals surface area contributed by atoms with Gasteiger partial charge in [0.05, 0.1) is 0 Å². The number of carboxylic acid groups (broad SMARTS) is 1. The molecule has 0 fully saturated rings. The van der Waals surface area contributed by atoms with Crippen molar-refractivity contribution in [3.8, 4) is 0 Å². The lowest BCUT2D eigenvalue weighted by atomic mass is 10.0. The van der Waals surface area contributed by atoms with Gasteiger partial charge in [0.15, 0.2) is 0 Å². The first kappa shape index (κ1) is 47.3. The topological polar surface area (TPSA) is 119 Å². The van der Waals surface area contributed by atoms with Crippen LogP contribution in [0, 0.1) is 0 Å². The SMILES string of the molecule is CC/C=C\C/C=C\C/C=C\C/C=C\CCCCCCCCCCC(=O)OC(CCCCCC)CCCCCCC(=O)NC(CCCN)C(=O)O. The van der Waals surface area contributed by atoms with Gasteiger partial charge >= 0.3 is 11.9 Å². The molecule has 0 aliphatic carbocycles. The van der Waals surface area contributed by atoms with Gasteiger partial charge in [0.1, 0.15) is 12.1 Å². The number of unbranched alkanes of at least 4 members (excludes halogenated alkanes) is 14. The van der Waals surface area contributed by atoms with Gasteiger partial charge in [-0.3, -0.25) is 9.59 Å². The van der Waals surface area contributed by atoms with Crippen LogP contribution in [0.4, 0.5) is 0 Å². The number of rotatable bonds is 36. The van der Waals surface area contributed by atoms with E-state index in [0.29, 0.717) is 32.2 Å². The lowest BCUT2D eigenvalue weighted by molar-refractivity contribution is -0.150. The number of hydrogen-bond acceptors (Lipinski definition) is 5. The van der Waals surface area contributed by atoms with Crippen molar-refractivity contribution in [2.45, 2.75) is 199 Å². The first-order valence-corrected chi connectivity index (χ1v) is 20.5. The number of esters is 1. The molecule has 288 valence electrons. The Labute approximate surface area is 307 Å². The molecule has 0 bridgehead atoms.